The number of rotatable bonds is 4. The summed E-state index contributed by atoms with van der Waals surface area (Å²) in [6, 6.07) is 9.65. The van der Waals surface area contributed by atoms with Gasteiger partial charge in [-0.2, -0.15) is 0 Å². The van der Waals surface area contributed by atoms with Gasteiger partial charge < -0.3 is 20.9 Å². The highest BCUT2D eigenvalue weighted by atomic mass is 16.5. The number of hydrogen-bond acceptors (Lipinski definition) is 4. The highest BCUT2D eigenvalue weighted by Gasteiger charge is 2.19. The molecule has 4 heteroatoms. The zero-order valence-electron chi connectivity index (χ0n) is 10.6. The topological polar surface area (TPSA) is 70.5 Å². The van der Waals surface area contributed by atoms with Crippen molar-refractivity contribution in [3.8, 4) is 11.5 Å². The molecule has 18 heavy (non-hydrogen) atoms. The Hall–Kier alpha value is -1.78. The molecule has 2 rings (SSSR count). The standard InChI is InChI=1S/C14H18N2O2/c1-17-12-7-9-5-3-4-6-10(9)13(11(16)8-15)14(12)18-2/h3-7,11H,8,15-16H2,1-2H3. The van der Waals surface area contributed by atoms with Gasteiger partial charge in [-0.25, -0.2) is 0 Å². The summed E-state index contributed by atoms with van der Waals surface area (Å²) in [7, 11) is 3.23. The van der Waals surface area contributed by atoms with Gasteiger partial charge in [-0.15, -0.1) is 0 Å². The first-order valence-electron chi connectivity index (χ1n) is 5.82. The Bertz CT molecular complexity index is 555. The van der Waals surface area contributed by atoms with Gasteiger partial charge in [0.1, 0.15) is 0 Å². The lowest BCUT2D eigenvalue weighted by Crippen LogP contribution is -2.22. The van der Waals surface area contributed by atoms with Gasteiger partial charge >= 0.3 is 0 Å². The second-order valence-electron chi connectivity index (χ2n) is 4.09. The summed E-state index contributed by atoms with van der Waals surface area (Å²) in [5.41, 5.74) is 12.7. The molecule has 0 spiro atoms. The van der Waals surface area contributed by atoms with E-state index < -0.39 is 0 Å². The minimum atomic E-state index is -0.278. The second kappa shape index (κ2) is 5.25. The number of fused-ring (bicyclic) bond motifs is 1. The maximum absolute atomic E-state index is 6.10. The minimum Gasteiger partial charge on any atom is -0.493 e. The fourth-order valence-corrected chi connectivity index (χ4v) is 2.18. The predicted octanol–water partition coefficient (Wildman–Crippen LogP) is 1.82. The lowest BCUT2D eigenvalue weighted by Gasteiger charge is -2.19. The van der Waals surface area contributed by atoms with Crippen LogP contribution in [0.15, 0.2) is 30.3 Å². The van der Waals surface area contributed by atoms with Gasteiger partial charge in [0.2, 0.25) is 0 Å². The quantitative estimate of drug-likeness (QED) is 0.863. The molecule has 1 atom stereocenters. The Labute approximate surface area is 106 Å². The number of nitrogens with two attached hydrogens (primary N) is 2. The molecule has 0 saturated heterocycles. The fraction of sp³-hybridized carbons (Fsp3) is 0.286. The summed E-state index contributed by atoms with van der Waals surface area (Å²) in [5.74, 6) is 1.34. The van der Waals surface area contributed by atoms with Gasteiger partial charge in [0, 0.05) is 18.2 Å². The molecule has 1 unspecified atom stereocenters. The number of hydrogen-bond donors (Lipinski definition) is 2. The Morgan fingerprint density at radius 3 is 2.50 bits per heavy atom. The van der Waals surface area contributed by atoms with Crippen LogP contribution in [0.5, 0.6) is 11.5 Å². The first-order chi connectivity index (χ1) is 8.72. The van der Waals surface area contributed by atoms with Crippen molar-refractivity contribution in [3.05, 3.63) is 35.9 Å². The number of methoxy groups -OCH3 is 2. The van der Waals surface area contributed by atoms with Crippen LogP contribution in [-0.4, -0.2) is 20.8 Å². The molecule has 0 fully saturated rings. The molecular weight excluding hydrogens is 228 g/mol. The third-order valence-corrected chi connectivity index (χ3v) is 3.05. The van der Waals surface area contributed by atoms with Gasteiger partial charge in [0.15, 0.2) is 11.5 Å². The first-order valence-corrected chi connectivity index (χ1v) is 5.82. The fourth-order valence-electron chi connectivity index (χ4n) is 2.18. The van der Waals surface area contributed by atoms with E-state index in [1.54, 1.807) is 14.2 Å². The molecule has 0 aromatic heterocycles. The summed E-state index contributed by atoms with van der Waals surface area (Å²) < 4.78 is 10.8. The largest absolute Gasteiger partial charge is 0.493 e. The van der Waals surface area contributed by atoms with Crippen molar-refractivity contribution in [2.75, 3.05) is 20.8 Å². The molecule has 0 aliphatic rings. The highest BCUT2D eigenvalue weighted by Crippen LogP contribution is 2.39. The Balaban J connectivity index is 2.82. The van der Waals surface area contributed by atoms with Gasteiger partial charge in [0.25, 0.3) is 0 Å². The summed E-state index contributed by atoms with van der Waals surface area (Å²) >= 11 is 0. The van der Waals surface area contributed by atoms with E-state index in [0.29, 0.717) is 18.0 Å². The molecule has 0 aliphatic heterocycles. The summed E-state index contributed by atoms with van der Waals surface area (Å²) in [6.07, 6.45) is 0. The van der Waals surface area contributed by atoms with Crippen molar-refractivity contribution in [2.45, 2.75) is 6.04 Å². The molecule has 0 bridgehead atoms. The molecular formula is C14H18N2O2. The van der Waals surface area contributed by atoms with Gasteiger partial charge in [-0.3, -0.25) is 0 Å². The third kappa shape index (κ3) is 2.00. The van der Waals surface area contributed by atoms with Crippen molar-refractivity contribution in [1.29, 1.82) is 0 Å². The third-order valence-electron chi connectivity index (χ3n) is 3.05. The number of ether oxygens (including phenoxy) is 2. The van der Waals surface area contributed by atoms with Crippen molar-refractivity contribution < 1.29 is 9.47 Å². The van der Waals surface area contributed by atoms with E-state index in [-0.39, 0.29) is 6.04 Å². The molecule has 0 radical (unpaired) electrons. The normalized spacial score (nSPS) is 12.4. The Kier molecular flexibility index (Phi) is 3.69. The van der Waals surface area contributed by atoms with Gasteiger partial charge in [-0.05, 0) is 16.8 Å². The summed E-state index contributed by atoms with van der Waals surface area (Å²) in [5, 5.41) is 2.11. The average molecular weight is 246 g/mol. The zero-order valence-corrected chi connectivity index (χ0v) is 10.6. The van der Waals surface area contributed by atoms with E-state index >= 15 is 0 Å². The van der Waals surface area contributed by atoms with E-state index in [9.17, 15) is 0 Å². The maximum Gasteiger partial charge on any atom is 0.166 e. The minimum absolute atomic E-state index is 0.278. The second-order valence-corrected chi connectivity index (χ2v) is 4.09. The van der Waals surface area contributed by atoms with Crippen molar-refractivity contribution in [1.82, 2.24) is 0 Å². The molecule has 2 aromatic carbocycles. The average Bonchev–Trinajstić information content (AvgIpc) is 2.44. The van der Waals surface area contributed by atoms with E-state index in [0.717, 1.165) is 16.3 Å². The predicted molar refractivity (Wildman–Crippen MR) is 73.0 cm³/mol. The number of benzene rings is 2. The van der Waals surface area contributed by atoms with Crippen LogP contribution in [0.25, 0.3) is 10.8 Å². The van der Waals surface area contributed by atoms with Crippen LogP contribution in [0.1, 0.15) is 11.6 Å². The molecule has 0 amide bonds. The van der Waals surface area contributed by atoms with Crippen LogP contribution in [0.4, 0.5) is 0 Å². The van der Waals surface area contributed by atoms with E-state index in [1.807, 2.05) is 30.3 Å². The smallest absolute Gasteiger partial charge is 0.166 e. The summed E-state index contributed by atoms with van der Waals surface area (Å²) in [4.78, 5) is 0. The SMILES string of the molecule is COc1cc2ccccc2c(C(N)CN)c1OC. The Morgan fingerprint density at radius 2 is 1.89 bits per heavy atom. The lowest BCUT2D eigenvalue weighted by molar-refractivity contribution is 0.351. The molecule has 0 saturated carbocycles. The molecule has 4 N–H and O–H groups in total. The highest BCUT2D eigenvalue weighted by molar-refractivity contribution is 5.90. The van der Waals surface area contributed by atoms with Crippen LogP contribution in [0.3, 0.4) is 0 Å². The molecule has 0 heterocycles. The molecule has 4 nitrogen and oxygen atoms in total. The van der Waals surface area contributed by atoms with Crippen LogP contribution in [-0.2, 0) is 0 Å². The van der Waals surface area contributed by atoms with E-state index in [2.05, 4.69) is 0 Å². The van der Waals surface area contributed by atoms with Crippen LogP contribution < -0.4 is 20.9 Å². The summed E-state index contributed by atoms with van der Waals surface area (Å²) in [6.45, 7) is 0.355. The van der Waals surface area contributed by atoms with Gasteiger partial charge in [0.05, 0.1) is 14.2 Å². The molecule has 2 aromatic rings. The Morgan fingerprint density at radius 1 is 1.17 bits per heavy atom. The monoisotopic (exact) mass is 246 g/mol. The zero-order chi connectivity index (χ0) is 13.1. The van der Waals surface area contributed by atoms with E-state index in [4.69, 9.17) is 20.9 Å². The lowest BCUT2D eigenvalue weighted by atomic mass is 9.97. The molecule has 0 aliphatic carbocycles. The van der Waals surface area contributed by atoms with Crippen molar-refractivity contribution in [2.24, 2.45) is 11.5 Å². The van der Waals surface area contributed by atoms with Crippen LogP contribution >= 0.6 is 0 Å². The van der Waals surface area contributed by atoms with Crippen LogP contribution in [0.2, 0.25) is 0 Å². The van der Waals surface area contributed by atoms with Crippen molar-refractivity contribution in [3.63, 3.8) is 0 Å². The van der Waals surface area contributed by atoms with Crippen molar-refractivity contribution >= 4 is 10.8 Å². The first kappa shape index (κ1) is 12.7. The molecule has 96 valence electrons. The van der Waals surface area contributed by atoms with E-state index in [1.165, 1.54) is 0 Å². The van der Waals surface area contributed by atoms with Gasteiger partial charge in [-0.1, -0.05) is 24.3 Å². The maximum atomic E-state index is 6.10. The van der Waals surface area contributed by atoms with Crippen LogP contribution in [0, 0.1) is 0 Å².